The first kappa shape index (κ1) is 13.8. The molecule has 0 saturated carbocycles. The van der Waals surface area contributed by atoms with Gasteiger partial charge in [-0.1, -0.05) is 6.07 Å². The summed E-state index contributed by atoms with van der Waals surface area (Å²) >= 11 is 4.83. The smallest absolute Gasteiger partial charge is 0.421 e. The van der Waals surface area contributed by atoms with E-state index in [9.17, 15) is 17.6 Å². The SMILES string of the molecule is FC1(F)Oc2cccc(-c3ccnc(=S)[nH]3)c2OC1(F)F. The average Bonchev–Trinajstić information content (AvgIpc) is 2.39. The van der Waals surface area contributed by atoms with Crippen LogP contribution in [0.25, 0.3) is 11.3 Å². The van der Waals surface area contributed by atoms with Gasteiger partial charge in [-0.3, -0.25) is 0 Å². The van der Waals surface area contributed by atoms with E-state index in [-0.39, 0.29) is 16.0 Å². The summed E-state index contributed by atoms with van der Waals surface area (Å²) in [5, 5.41) is 0. The van der Waals surface area contributed by atoms with Crippen LogP contribution in [0.5, 0.6) is 11.5 Å². The molecule has 3 rings (SSSR count). The van der Waals surface area contributed by atoms with E-state index >= 15 is 0 Å². The molecule has 0 radical (unpaired) electrons. The first-order valence-corrected chi connectivity index (χ1v) is 6.03. The van der Waals surface area contributed by atoms with Gasteiger partial charge in [-0.2, -0.15) is 17.6 Å². The number of alkyl halides is 4. The van der Waals surface area contributed by atoms with Gasteiger partial charge in [-0.25, -0.2) is 4.98 Å². The van der Waals surface area contributed by atoms with E-state index in [0.29, 0.717) is 0 Å². The maximum atomic E-state index is 13.3. The molecule has 1 N–H and O–H groups in total. The summed E-state index contributed by atoms with van der Waals surface area (Å²) in [6.45, 7) is 0. The minimum absolute atomic E-state index is 0.108. The number of H-pyrrole nitrogens is 1. The van der Waals surface area contributed by atoms with Crippen LogP contribution in [-0.2, 0) is 0 Å². The molecule has 0 unspecified atom stereocenters. The molecule has 9 heteroatoms. The van der Waals surface area contributed by atoms with E-state index in [1.54, 1.807) is 0 Å². The Bertz CT molecular complexity index is 763. The van der Waals surface area contributed by atoms with Crippen molar-refractivity contribution in [2.24, 2.45) is 0 Å². The molecule has 1 aromatic carbocycles. The minimum atomic E-state index is -4.78. The zero-order chi connectivity index (χ0) is 15.3. The van der Waals surface area contributed by atoms with Crippen LogP contribution in [0, 0.1) is 4.77 Å². The molecule has 110 valence electrons. The molecule has 0 spiro atoms. The number of aromatic nitrogens is 2. The Balaban J connectivity index is 2.18. The number of benzene rings is 1. The molecule has 0 bridgehead atoms. The summed E-state index contributed by atoms with van der Waals surface area (Å²) in [6, 6.07) is 5.33. The number of ether oxygens (including phenoxy) is 2. The van der Waals surface area contributed by atoms with Gasteiger partial charge in [-0.05, 0) is 30.4 Å². The van der Waals surface area contributed by atoms with E-state index in [2.05, 4.69) is 19.4 Å². The molecular formula is C12H6F4N2O2S. The van der Waals surface area contributed by atoms with Crippen LogP contribution in [-0.4, -0.2) is 22.2 Å². The van der Waals surface area contributed by atoms with Crippen LogP contribution >= 0.6 is 12.2 Å². The first-order chi connectivity index (χ1) is 9.80. The third-order valence-corrected chi connectivity index (χ3v) is 2.96. The number of nitrogens with one attached hydrogen (secondary N) is 1. The third-order valence-electron chi connectivity index (χ3n) is 2.75. The maximum Gasteiger partial charge on any atom is 0.507 e. The largest absolute Gasteiger partial charge is 0.507 e. The Kier molecular flexibility index (Phi) is 2.90. The standard InChI is InChI=1S/C12H6F4N2O2S/c13-11(14)12(15,16)20-9-6(2-1-3-8(9)19-11)7-4-5-17-10(21)18-7/h1-5H,(H,17,18,21). The minimum Gasteiger partial charge on any atom is -0.421 e. The van der Waals surface area contributed by atoms with Crippen molar-refractivity contribution in [3.05, 3.63) is 35.2 Å². The second kappa shape index (κ2) is 4.42. The number of nitrogens with zero attached hydrogens (tertiary/aromatic N) is 1. The van der Waals surface area contributed by atoms with Gasteiger partial charge in [0.05, 0.1) is 5.69 Å². The van der Waals surface area contributed by atoms with Gasteiger partial charge in [0.2, 0.25) is 0 Å². The average molecular weight is 318 g/mol. The fourth-order valence-electron chi connectivity index (χ4n) is 1.82. The van der Waals surface area contributed by atoms with Gasteiger partial charge in [0.25, 0.3) is 0 Å². The zero-order valence-electron chi connectivity index (χ0n) is 10.1. The predicted octanol–water partition coefficient (Wildman–Crippen LogP) is 3.76. The van der Waals surface area contributed by atoms with Gasteiger partial charge < -0.3 is 14.5 Å². The van der Waals surface area contributed by atoms with E-state index in [1.165, 1.54) is 24.4 Å². The van der Waals surface area contributed by atoms with Crippen LogP contribution in [0.2, 0.25) is 0 Å². The van der Waals surface area contributed by atoms with Gasteiger partial charge in [0, 0.05) is 11.8 Å². The number of hydrogen-bond donors (Lipinski definition) is 1. The van der Waals surface area contributed by atoms with Crippen LogP contribution in [0.15, 0.2) is 30.5 Å². The lowest BCUT2D eigenvalue weighted by Crippen LogP contribution is -2.52. The third kappa shape index (κ3) is 2.23. The molecule has 0 saturated heterocycles. The number of fused-ring (bicyclic) bond motifs is 1. The number of hydrogen-bond acceptors (Lipinski definition) is 4. The number of para-hydroxylation sites is 1. The lowest BCUT2D eigenvalue weighted by molar-refractivity contribution is -0.391. The molecule has 1 aliphatic rings. The van der Waals surface area contributed by atoms with Gasteiger partial charge in [0.15, 0.2) is 16.3 Å². The fraction of sp³-hybridized carbons (Fsp3) is 0.167. The Hall–Kier alpha value is -2.16. The van der Waals surface area contributed by atoms with E-state index in [0.717, 1.165) is 6.07 Å². The highest BCUT2D eigenvalue weighted by Gasteiger charge is 2.66. The van der Waals surface area contributed by atoms with Gasteiger partial charge in [-0.15, -0.1) is 0 Å². The maximum absolute atomic E-state index is 13.3. The monoisotopic (exact) mass is 318 g/mol. The van der Waals surface area contributed by atoms with Gasteiger partial charge in [0.1, 0.15) is 0 Å². The zero-order valence-corrected chi connectivity index (χ0v) is 10.9. The Morgan fingerprint density at radius 1 is 1.05 bits per heavy atom. The van der Waals surface area contributed by atoms with Crippen molar-refractivity contribution < 1.29 is 27.0 Å². The van der Waals surface area contributed by atoms with Crippen molar-refractivity contribution in [1.29, 1.82) is 0 Å². The summed E-state index contributed by atoms with van der Waals surface area (Å²) in [5.41, 5.74) is 0.396. The molecular weight excluding hydrogens is 312 g/mol. The number of halogens is 4. The highest BCUT2D eigenvalue weighted by atomic mass is 32.1. The van der Waals surface area contributed by atoms with Crippen molar-refractivity contribution in [3.8, 4) is 22.8 Å². The molecule has 4 nitrogen and oxygen atoms in total. The summed E-state index contributed by atoms with van der Waals surface area (Å²) in [4.78, 5) is 6.41. The quantitative estimate of drug-likeness (QED) is 0.642. The highest BCUT2D eigenvalue weighted by Crippen LogP contribution is 2.50. The second-order valence-corrected chi connectivity index (χ2v) is 4.55. The van der Waals surface area contributed by atoms with Crippen LogP contribution in [0.1, 0.15) is 0 Å². The molecule has 1 aliphatic heterocycles. The van der Waals surface area contributed by atoms with Gasteiger partial charge >= 0.3 is 12.2 Å². The summed E-state index contributed by atoms with van der Waals surface area (Å²) in [5.74, 6) is -0.982. The number of aromatic amines is 1. The van der Waals surface area contributed by atoms with Crippen molar-refractivity contribution in [2.75, 3.05) is 0 Å². The summed E-state index contributed by atoms with van der Waals surface area (Å²) in [7, 11) is 0. The van der Waals surface area contributed by atoms with Crippen molar-refractivity contribution in [3.63, 3.8) is 0 Å². The fourth-order valence-corrected chi connectivity index (χ4v) is 2.00. The summed E-state index contributed by atoms with van der Waals surface area (Å²) in [6.07, 6.45) is -8.17. The molecule has 0 aliphatic carbocycles. The van der Waals surface area contributed by atoms with Crippen LogP contribution < -0.4 is 9.47 Å². The first-order valence-electron chi connectivity index (χ1n) is 5.62. The van der Waals surface area contributed by atoms with Crippen molar-refractivity contribution >= 4 is 12.2 Å². The van der Waals surface area contributed by atoms with Crippen LogP contribution in [0.4, 0.5) is 17.6 Å². The molecule has 1 aromatic heterocycles. The second-order valence-electron chi connectivity index (χ2n) is 4.16. The Labute approximate surface area is 120 Å². The lowest BCUT2D eigenvalue weighted by atomic mass is 10.1. The topological polar surface area (TPSA) is 47.1 Å². The molecule has 0 atom stereocenters. The molecule has 0 fully saturated rings. The Morgan fingerprint density at radius 3 is 2.48 bits per heavy atom. The molecule has 2 heterocycles. The number of rotatable bonds is 1. The van der Waals surface area contributed by atoms with E-state index < -0.39 is 23.7 Å². The predicted molar refractivity (Wildman–Crippen MR) is 66.0 cm³/mol. The molecule has 21 heavy (non-hydrogen) atoms. The highest BCUT2D eigenvalue weighted by molar-refractivity contribution is 7.71. The normalized spacial score (nSPS) is 18.3. The summed E-state index contributed by atoms with van der Waals surface area (Å²) < 4.78 is 61.2. The molecule has 0 amide bonds. The van der Waals surface area contributed by atoms with Crippen LogP contribution in [0.3, 0.4) is 0 Å². The van der Waals surface area contributed by atoms with Crippen molar-refractivity contribution in [1.82, 2.24) is 9.97 Å². The Morgan fingerprint density at radius 2 is 1.76 bits per heavy atom. The van der Waals surface area contributed by atoms with E-state index in [1.807, 2.05) is 0 Å². The lowest BCUT2D eigenvalue weighted by Gasteiger charge is -2.32. The van der Waals surface area contributed by atoms with E-state index in [4.69, 9.17) is 12.2 Å². The molecule has 2 aromatic rings. The van der Waals surface area contributed by atoms with Crippen molar-refractivity contribution in [2.45, 2.75) is 12.2 Å².